The molecule has 7 nitrogen and oxygen atoms in total. The number of aryl methyl sites for hydroxylation is 2. The van der Waals surface area contributed by atoms with E-state index in [0.717, 1.165) is 16.9 Å². The molecule has 1 aliphatic rings. The molecule has 2 amide bonds. The van der Waals surface area contributed by atoms with E-state index in [4.69, 9.17) is 0 Å². The summed E-state index contributed by atoms with van der Waals surface area (Å²) in [6, 6.07) is 6.71. The minimum absolute atomic E-state index is 0.0992. The highest BCUT2D eigenvalue weighted by Gasteiger charge is 2.42. The topological polar surface area (TPSA) is 87.2 Å². The molecule has 3 heterocycles. The second-order valence-electron chi connectivity index (χ2n) is 7.81. The quantitative estimate of drug-likeness (QED) is 0.731. The van der Waals surface area contributed by atoms with Crippen LogP contribution in [-0.4, -0.2) is 51.7 Å². The summed E-state index contributed by atoms with van der Waals surface area (Å²) in [5.74, 6) is -2.84. The SMILES string of the molecule is CCc1ccnc(Nc2ccc(C)c(C(=O)N3CC(F)(F)CC[C@@H]3CNC(C)=O)n2)c1. The summed E-state index contributed by atoms with van der Waals surface area (Å²) in [6.07, 6.45) is 2.31. The molecule has 0 spiro atoms. The minimum Gasteiger partial charge on any atom is -0.354 e. The van der Waals surface area contributed by atoms with Gasteiger partial charge in [0.15, 0.2) is 0 Å². The molecule has 2 N–H and O–H groups in total. The third-order valence-electron chi connectivity index (χ3n) is 5.32. The number of likely N-dealkylation sites (tertiary alicyclic amines) is 1. The van der Waals surface area contributed by atoms with Crippen molar-refractivity contribution in [3.63, 3.8) is 0 Å². The Hall–Kier alpha value is -3.10. The summed E-state index contributed by atoms with van der Waals surface area (Å²) in [4.78, 5) is 34.3. The molecule has 2 aromatic heterocycles. The van der Waals surface area contributed by atoms with Crippen molar-refractivity contribution in [2.45, 2.75) is 52.0 Å². The van der Waals surface area contributed by atoms with E-state index < -0.39 is 24.4 Å². The third-order valence-corrected chi connectivity index (χ3v) is 5.32. The average molecular weight is 431 g/mol. The molecule has 0 aliphatic carbocycles. The molecule has 166 valence electrons. The first-order valence-corrected chi connectivity index (χ1v) is 10.3. The number of alkyl halides is 2. The number of nitrogens with one attached hydrogen (secondary N) is 2. The average Bonchev–Trinajstić information content (AvgIpc) is 2.73. The van der Waals surface area contributed by atoms with Gasteiger partial charge in [0.05, 0.1) is 6.54 Å². The number of pyridine rings is 2. The molecule has 0 saturated carbocycles. The lowest BCUT2D eigenvalue weighted by atomic mass is 9.98. The van der Waals surface area contributed by atoms with Crippen molar-refractivity contribution < 1.29 is 18.4 Å². The predicted molar refractivity (Wildman–Crippen MR) is 114 cm³/mol. The minimum atomic E-state index is -2.98. The Balaban J connectivity index is 1.85. The number of rotatable bonds is 6. The molecule has 1 aliphatic heterocycles. The lowest BCUT2D eigenvalue weighted by Gasteiger charge is -2.39. The zero-order valence-electron chi connectivity index (χ0n) is 17.9. The molecule has 2 aromatic rings. The van der Waals surface area contributed by atoms with Crippen LogP contribution in [0.25, 0.3) is 0 Å². The lowest BCUT2D eigenvalue weighted by Crippen LogP contribution is -2.55. The highest BCUT2D eigenvalue weighted by Crippen LogP contribution is 2.31. The number of carbonyl (C=O) groups excluding carboxylic acids is 2. The van der Waals surface area contributed by atoms with Gasteiger partial charge >= 0.3 is 0 Å². The van der Waals surface area contributed by atoms with Gasteiger partial charge in [-0.3, -0.25) is 9.59 Å². The molecule has 3 rings (SSSR count). The van der Waals surface area contributed by atoms with Crippen LogP contribution >= 0.6 is 0 Å². The Morgan fingerprint density at radius 1 is 1.26 bits per heavy atom. The Kier molecular flexibility index (Phi) is 6.82. The highest BCUT2D eigenvalue weighted by atomic mass is 19.3. The summed E-state index contributed by atoms with van der Waals surface area (Å²) in [5.41, 5.74) is 1.78. The van der Waals surface area contributed by atoms with Crippen LogP contribution in [0.3, 0.4) is 0 Å². The van der Waals surface area contributed by atoms with E-state index in [0.29, 0.717) is 17.2 Å². The van der Waals surface area contributed by atoms with Gasteiger partial charge in [0.2, 0.25) is 5.91 Å². The molecule has 1 fully saturated rings. The van der Waals surface area contributed by atoms with Crippen LogP contribution in [0.5, 0.6) is 0 Å². The maximum atomic E-state index is 14.1. The van der Waals surface area contributed by atoms with Crippen LogP contribution in [-0.2, 0) is 11.2 Å². The number of nitrogens with zero attached hydrogens (tertiary/aromatic N) is 3. The largest absolute Gasteiger partial charge is 0.354 e. The summed E-state index contributed by atoms with van der Waals surface area (Å²) in [5, 5.41) is 5.70. The van der Waals surface area contributed by atoms with Crippen molar-refractivity contribution in [1.29, 1.82) is 0 Å². The van der Waals surface area contributed by atoms with E-state index in [9.17, 15) is 18.4 Å². The molecule has 0 radical (unpaired) electrons. The zero-order valence-corrected chi connectivity index (χ0v) is 17.9. The fourth-order valence-electron chi connectivity index (χ4n) is 3.55. The van der Waals surface area contributed by atoms with Crippen LogP contribution in [0.1, 0.15) is 48.3 Å². The molecule has 0 aromatic carbocycles. The smallest absolute Gasteiger partial charge is 0.273 e. The first-order chi connectivity index (χ1) is 14.7. The normalized spacial score (nSPS) is 17.8. The van der Waals surface area contributed by atoms with Gasteiger partial charge in [0.25, 0.3) is 11.8 Å². The van der Waals surface area contributed by atoms with Crippen molar-refractivity contribution in [2.24, 2.45) is 0 Å². The van der Waals surface area contributed by atoms with Gasteiger partial charge in [-0.2, -0.15) is 0 Å². The van der Waals surface area contributed by atoms with E-state index >= 15 is 0 Å². The Morgan fingerprint density at radius 2 is 2.03 bits per heavy atom. The third kappa shape index (κ3) is 5.74. The van der Waals surface area contributed by atoms with E-state index in [-0.39, 0.29) is 31.0 Å². The number of halogens is 2. The summed E-state index contributed by atoms with van der Waals surface area (Å²) in [7, 11) is 0. The molecular weight excluding hydrogens is 404 g/mol. The first kappa shape index (κ1) is 22.6. The van der Waals surface area contributed by atoms with Crippen molar-refractivity contribution in [3.8, 4) is 0 Å². The number of carbonyl (C=O) groups is 2. The standard InChI is InChI=1S/C22H27F2N5O2/c1-4-16-8-10-25-19(11-16)27-18-6-5-14(2)20(28-18)21(31)29-13-22(23,24)9-7-17(29)12-26-15(3)30/h5-6,8,10-11,17H,4,7,9,12-13H2,1-3H3,(H,26,30)(H,25,27,28)/t17-/m1/s1. The summed E-state index contributed by atoms with van der Waals surface area (Å²) < 4.78 is 28.2. The monoisotopic (exact) mass is 431 g/mol. The molecular formula is C22H27F2N5O2. The van der Waals surface area contributed by atoms with Crippen LogP contribution in [0.4, 0.5) is 20.4 Å². The molecule has 0 unspecified atom stereocenters. The van der Waals surface area contributed by atoms with Gasteiger partial charge in [-0.05, 0) is 49.1 Å². The van der Waals surface area contributed by atoms with Crippen molar-refractivity contribution >= 4 is 23.5 Å². The Labute approximate surface area is 180 Å². The zero-order chi connectivity index (χ0) is 22.6. The number of aromatic nitrogens is 2. The summed E-state index contributed by atoms with van der Waals surface area (Å²) >= 11 is 0. The van der Waals surface area contributed by atoms with Gasteiger partial charge < -0.3 is 15.5 Å². The number of hydrogen-bond donors (Lipinski definition) is 2. The van der Waals surface area contributed by atoms with Gasteiger partial charge in [-0.25, -0.2) is 18.7 Å². The van der Waals surface area contributed by atoms with E-state index in [1.165, 1.54) is 6.92 Å². The molecule has 1 atom stereocenters. The fraction of sp³-hybridized carbons (Fsp3) is 0.455. The van der Waals surface area contributed by atoms with Crippen LogP contribution in [0, 0.1) is 6.92 Å². The van der Waals surface area contributed by atoms with Crippen LogP contribution < -0.4 is 10.6 Å². The van der Waals surface area contributed by atoms with Crippen molar-refractivity contribution in [3.05, 3.63) is 47.3 Å². The second-order valence-corrected chi connectivity index (χ2v) is 7.81. The van der Waals surface area contributed by atoms with Gasteiger partial charge in [0, 0.05) is 32.1 Å². The Morgan fingerprint density at radius 3 is 2.74 bits per heavy atom. The number of hydrogen-bond acceptors (Lipinski definition) is 5. The van der Waals surface area contributed by atoms with Gasteiger partial charge in [-0.15, -0.1) is 0 Å². The lowest BCUT2D eigenvalue weighted by molar-refractivity contribution is -0.119. The van der Waals surface area contributed by atoms with Crippen molar-refractivity contribution in [1.82, 2.24) is 20.2 Å². The summed E-state index contributed by atoms with van der Waals surface area (Å²) in [6.45, 7) is 4.53. The highest BCUT2D eigenvalue weighted by molar-refractivity contribution is 5.94. The molecule has 31 heavy (non-hydrogen) atoms. The number of anilines is 2. The fourth-order valence-corrected chi connectivity index (χ4v) is 3.55. The molecule has 9 heteroatoms. The Bertz CT molecular complexity index is 967. The predicted octanol–water partition coefficient (Wildman–Crippen LogP) is 3.47. The van der Waals surface area contributed by atoms with Gasteiger partial charge in [0.1, 0.15) is 17.3 Å². The maximum absolute atomic E-state index is 14.1. The van der Waals surface area contributed by atoms with E-state index in [1.807, 2.05) is 19.1 Å². The van der Waals surface area contributed by atoms with E-state index in [1.54, 1.807) is 25.3 Å². The molecule has 0 bridgehead atoms. The number of piperidine rings is 1. The number of amides is 2. The van der Waals surface area contributed by atoms with Crippen LogP contribution in [0.2, 0.25) is 0 Å². The second kappa shape index (κ2) is 9.36. The van der Waals surface area contributed by atoms with Gasteiger partial charge in [-0.1, -0.05) is 13.0 Å². The van der Waals surface area contributed by atoms with Crippen LogP contribution in [0.15, 0.2) is 30.5 Å². The first-order valence-electron chi connectivity index (χ1n) is 10.3. The maximum Gasteiger partial charge on any atom is 0.273 e. The van der Waals surface area contributed by atoms with Crippen molar-refractivity contribution in [2.75, 3.05) is 18.4 Å². The van der Waals surface area contributed by atoms with E-state index in [2.05, 4.69) is 20.6 Å². The molecule has 1 saturated heterocycles.